The van der Waals surface area contributed by atoms with Crippen molar-refractivity contribution in [1.29, 1.82) is 0 Å². The van der Waals surface area contributed by atoms with Gasteiger partial charge < -0.3 is 4.57 Å². The van der Waals surface area contributed by atoms with Crippen LogP contribution in [0.5, 0.6) is 0 Å². The Morgan fingerprint density at radius 1 is 1.09 bits per heavy atom. The molecule has 0 N–H and O–H groups in total. The lowest BCUT2D eigenvalue weighted by atomic mass is 10.1. The molecule has 2 rings (SSSR count). The standard InChI is InChI=1S/C14H12F3NO.C11H19NOS/c1-9-7-11(8-19)10(2)18(9)13-6-4-3-5-12(13)14(15,16)17;1-5-8-11(12(2)3)9-6-7-10-14(4)13/h3-8H,1-2H3;5-11H,1-4H3/b;8-5-,9-6?,10-7+. The van der Waals surface area contributed by atoms with Crippen LogP contribution in [0.25, 0.3) is 5.69 Å². The predicted octanol–water partition coefficient (Wildman–Crippen LogP) is 5.87. The normalized spacial score (nSPS) is 14.1. The van der Waals surface area contributed by atoms with Gasteiger partial charge in [0.15, 0.2) is 6.29 Å². The molecule has 180 valence electrons. The van der Waals surface area contributed by atoms with Gasteiger partial charge in [0.1, 0.15) is 0 Å². The number of halogens is 3. The number of likely N-dealkylation sites (N-methyl/N-ethyl adjacent to an activating group) is 1. The lowest BCUT2D eigenvalue weighted by Crippen LogP contribution is -2.23. The summed E-state index contributed by atoms with van der Waals surface area (Å²) in [5.74, 6) is 0. The molecular formula is C25H31F3N2O2S. The maximum atomic E-state index is 13.0. The highest BCUT2D eigenvalue weighted by molar-refractivity contribution is 7.87. The van der Waals surface area contributed by atoms with E-state index >= 15 is 0 Å². The van der Waals surface area contributed by atoms with Crippen molar-refractivity contribution in [2.24, 2.45) is 0 Å². The van der Waals surface area contributed by atoms with Crippen molar-refractivity contribution in [2.75, 3.05) is 20.4 Å². The first-order valence-electron chi connectivity index (χ1n) is 10.2. The van der Waals surface area contributed by atoms with E-state index in [1.807, 2.05) is 39.2 Å². The number of alkyl halides is 3. The molecular weight excluding hydrogens is 449 g/mol. The highest BCUT2D eigenvalue weighted by atomic mass is 32.2. The lowest BCUT2D eigenvalue weighted by Gasteiger charge is -2.16. The van der Waals surface area contributed by atoms with Crippen molar-refractivity contribution in [3.8, 4) is 5.69 Å². The van der Waals surface area contributed by atoms with E-state index in [9.17, 15) is 22.2 Å². The van der Waals surface area contributed by atoms with Gasteiger partial charge in [-0.25, -0.2) is 0 Å². The maximum absolute atomic E-state index is 13.0. The molecule has 0 spiro atoms. The molecule has 0 aliphatic carbocycles. The van der Waals surface area contributed by atoms with Crippen LogP contribution >= 0.6 is 0 Å². The van der Waals surface area contributed by atoms with Gasteiger partial charge in [0.25, 0.3) is 0 Å². The number of aromatic nitrogens is 1. The number of hydrogen-bond acceptors (Lipinski definition) is 3. The summed E-state index contributed by atoms with van der Waals surface area (Å²) >= 11 is 0. The molecule has 2 unspecified atom stereocenters. The van der Waals surface area contributed by atoms with Gasteiger partial charge >= 0.3 is 6.18 Å². The molecule has 33 heavy (non-hydrogen) atoms. The molecule has 0 saturated heterocycles. The van der Waals surface area contributed by atoms with Crippen molar-refractivity contribution >= 4 is 17.1 Å². The van der Waals surface area contributed by atoms with Crippen molar-refractivity contribution in [3.63, 3.8) is 0 Å². The summed E-state index contributed by atoms with van der Waals surface area (Å²) in [6.45, 7) is 5.30. The quantitative estimate of drug-likeness (QED) is 0.283. The average molecular weight is 481 g/mol. The van der Waals surface area contributed by atoms with Gasteiger partial charge in [-0.1, -0.05) is 42.5 Å². The first-order chi connectivity index (χ1) is 15.4. The van der Waals surface area contributed by atoms with Crippen LogP contribution in [0, 0.1) is 13.8 Å². The van der Waals surface area contributed by atoms with E-state index in [1.165, 1.54) is 16.7 Å². The highest BCUT2D eigenvalue weighted by Crippen LogP contribution is 2.35. The average Bonchev–Trinajstić information content (AvgIpc) is 3.03. The first kappa shape index (κ1) is 28.3. The molecule has 4 nitrogen and oxygen atoms in total. The number of rotatable bonds is 7. The second-order valence-corrected chi connectivity index (χ2v) is 8.76. The Labute approximate surface area is 196 Å². The third-order valence-corrected chi connectivity index (χ3v) is 5.26. The van der Waals surface area contributed by atoms with E-state index in [4.69, 9.17) is 0 Å². The van der Waals surface area contributed by atoms with Gasteiger partial charge in [0.2, 0.25) is 0 Å². The number of aryl methyl sites for hydroxylation is 1. The van der Waals surface area contributed by atoms with E-state index in [2.05, 4.69) is 17.1 Å². The topological polar surface area (TPSA) is 42.3 Å². The Bertz CT molecular complexity index is 1030. The summed E-state index contributed by atoms with van der Waals surface area (Å²) in [5, 5.41) is 1.67. The number of allylic oxidation sites excluding steroid dienone is 3. The number of nitrogens with zero attached hydrogens (tertiary/aromatic N) is 2. The molecule has 0 saturated carbocycles. The van der Waals surface area contributed by atoms with Gasteiger partial charge in [-0.2, -0.15) is 13.2 Å². The third kappa shape index (κ3) is 8.63. The molecule has 0 fully saturated rings. The fourth-order valence-electron chi connectivity index (χ4n) is 3.13. The zero-order valence-electron chi connectivity index (χ0n) is 19.8. The fraction of sp³-hybridized carbons (Fsp3) is 0.320. The number of carbonyl (C=O) groups excluding carboxylic acids is 1. The molecule has 0 radical (unpaired) electrons. The summed E-state index contributed by atoms with van der Waals surface area (Å²) < 4.78 is 51.2. The Hall–Kier alpha value is -2.71. The molecule has 0 aliphatic rings. The van der Waals surface area contributed by atoms with E-state index in [1.54, 1.807) is 37.6 Å². The SMILES string of the molecule is C/C=C\C(C=C/C=C/S(C)=O)N(C)C.Cc1cc(C=O)c(C)n1-c1ccccc1C(F)(F)F. The molecule has 2 aromatic rings. The molecule has 0 aliphatic heterocycles. The molecule has 1 aromatic carbocycles. The molecule has 0 amide bonds. The van der Waals surface area contributed by atoms with Gasteiger partial charge in [-0.15, -0.1) is 0 Å². The smallest absolute Gasteiger partial charge is 0.317 e. The van der Waals surface area contributed by atoms with Crippen LogP contribution in [0.2, 0.25) is 0 Å². The monoisotopic (exact) mass is 480 g/mol. The lowest BCUT2D eigenvalue weighted by molar-refractivity contribution is -0.137. The van der Waals surface area contributed by atoms with Gasteiger partial charge in [0, 0.05) is 45.5 Å². The second-order valence-electron chi connectivity index (χ2n) is 7.49. The first-order valence-corrected chi connectivity index (χ1v) is 11.8. The van der Waals surface area contributed by atoms with Gasteiger partial charge in [0.05, 0.1) is 11.3 Å². The van der Waals surface area contributed by atoms with Crippen LogP contribution in [0.15, 0.2) is 66.1 Å². The number of para-hydroxylation sites is 1. The van der Waals surface area contributed by atoms with E-state index in [0.29, 0.717) is 29.3 Å². The zero-order valence-corrected chi connectivity index (χ0v) is 20.6. The van der Waals surface area contributed by atoms with E-state index < -0.39 is 22.5 Å². The number of hydrogen-bond donors (Lipinski definition) is 0. The molecule has 0 bridgehead atoms. The minimum absolute atomic E-state index is 0.0399. The van der Waals surface area contributed by atoms with E-state index in [0.717, 1.165) is 6.07 Å². The Kier molecular flexibility index (Phi) is 11.2. The Morgan fingerprint density at radius 2 is 1.73 bits per heavy atom. The Balaban J connectivity index is 0.000000349. The molecule has 8 heteroatoms. The van der Waals surface area contributed by atoms with Crippen LogP contribution in [0.3, 0.4) is 0 Å². The molecule has 1 aromatic heterocycles. The van der Waals surface area contributed by atoms with Crippen LogP contribution in [-0.2, 0) is 17.0 Å². The zero-order chi connectivity index (χ0) is 25.2. The summed E-state index contributed by atoms with van der Waals surface area (Å²) in [6.07, 6.45) is 7.80. The second kappa shape index (κ2) is 13.1. The third-order valence-electron chi connectivity index (χ3n) is 4.72. The van der Waals surface area contributed by atoms with Crippen LogP contribution in [-0.4, -0.2) is 46.4 Å². The van der Waals surface area contributed by atoms with Crippen molar-refractivity contribution in [3.05, 3.63) is 88.6 Å². The minimum Gasteiger partial charge on any atom is -0.317 e. The number of benzene rings is 1. The van der Waals surface area contributed by atoms with E-state index in [-0.39, 0.29) is 5.69 Å². The van der Waals surface area contributed by atoms with Crippen molar-refractivity contribution < 1.29 is 22.2 Å². The predicted molar refractivity (Wildman–Crippen MR) is 130 cm³/mol. The highest BCUT2D eigenvalue weighted by Gasteiger charge is 2.34. The number of aldehydes is 1. The molecule has 1 heterocycles. The largest absolute Gasteiger partial charge is 0.418 e. The van der Waals surface area contributed by atoms with Gasteiger partial charge in [-0.3, -0.25) is 13.9 Å². The molecule has 2 atom stereocenters. The number of carbonyl (C=O) groups is 1. The summed E-state index contributed by atoms with van der Waals surface area (Å²) in [7, 11) is 3.19. The fourth-order valence-corrected chi connectivity index (χ4v) is 3.44. The van der Waals surface area contributed by atoms with Crippen LogP contribution in [0.4, 0.5) is 13.2 Å². The summed E-state index contributed by atoms with van der Waals surface area (Å²) in [5.41, 5.74) is 0.822. The van der Waals surface area contributed by atoms with Crippen LogP contribution < -0.4 is 0 Å². The summed E-state index contributed by atoms with van der Waals surface area (Å²) in [6, 6.07) is 7.21. The summed E-state index contributed by atoms with van der Waals surface area (Å²) in [4.78, 5) is 13.0. The van der Waals surface area contributed by atoms with Crippen molar-refractivity contribution in [2.45, 2.75) is 33.0 Å². The van der Waals surface area contributed by atoms with Crippen LogP contribution in [0.1, 0.15) is 34.2 Å². The minimum atomic E-state index is -4.43. The maximum Gasteiger partial charge on any atom is 0.418 e. The van der Waals surface area contributed by atoms with Crippen molar-refractivity contribution in [1.82, 2.24) is 9.47 Å². The Morgan fingerprint density at radius 3 is 2.21 bits per heavy atom. The van der Waals surface area contributed by atoms with Gasteiger partial charge in [-0.05, 0) is 53.1 Å².